The number of nitrogens with zero attached hydrogens (tertiary/aromatic N) is 1. The van der Waals surface area contributed by atoms with E-state index in [4.69, 9.17) is 0 Å². The molecule has 1 N–H and O–H groups in total. The van der Waals surface area contributed by atoms with Gasteiger partial charge in [0.15, 0.2) is 0 Å². The number of aryl methyl sites for hydroxylation is 1. The summed E-state index contributed by atoms with van der Waals surface area (Å²) in [6.07, 6.45) is 1.75. The van der Waals surface area contributed by atoms with E-state index in [-0.39, 0.29) is 11.6 Å². The van der Waals surface area contributed by atoms with E-state index < -0.39 is 11.7 Å². The van der Waals surface area contributed by atoms with Crippen LogP contribution in [0.3, 0.4) is 0 Å². The van der Waals surface area contributed by atoms with Crippen LogP contribution in [0, 0.1) is 12.7 Å². The molecule has 1 amide bonds. The first-order valence-corrected chi connectivity index (χ1v) is 7.26. The van der Waals surface area contributed by atoms with E-state index in [2.05, 4.69) is 26.2 Å². The van der Waals surface area contributed by atoms with Gasteiger partial charge in [-0.05, 0) is 32.0 Å². The van der Waals surface area contributed by atoms with Crippen LogP contribution < -0.4 is 5.32 Å². The molecule has 0 spiro atoms. The lowest BCUT2D eigenvalue weighted by molar-refractivity contribution is 0.0935. The molecule has 1 aromatic carbocycles. The second-order valence-corrected chi connectivity index (χ2v) is 6.31. The average Bonchev–Trinajstić information content (AvgIpc) is 2.79. The molecular formula is C13H12BrFN2OS. The van der Waals surface area contributed by atoms with Crippen LogP contribution in [-0.2, 0) is 0 Å². The van der Waals surface area contributed by atoms with Gasteiger partial charge in [-0.2, -0.15) is 0 Å². The maximum atomic E-state index is 13.6. The SMILES string of the molecule is Cc1cnc(C(C)NC(=O)c2cc(Br)ccc2F)s1. The summed E-state index contributed by atoms with van der Waals surface area (Å²) in [6, 6.07) is 4.03. The fraction of sp³-hybridized carbons (Fsp3) is 0.231. The summed E-state index contributed by atoms with van der Waals surface area (Å²) in [7, 11) is 0. The topological polar surface area (TPSA) is 42.0 Å². The molecule has 19 heavy (non-hydrogen) atoms. The minimum atomic E-state index is -0.539. The van der Waals surface area contributed by atoms with E-state index in [1.165, 1.54) is 23.5 Å². The van der Waals surface area contributed by atoms with Gasteiger partial charge in [-0.15, -0.1) is 11.3 Å². The number of hydrogen-bond donors (Lipinski definition) is 1. The first kappa shape index (κ1) is 14.1. The van der Waals surface area contributed by atoms with Gasteiger partial charge in [0, 0.05) is 15.5 Å². The van der Waals surface area contributed by atoms with Crippen molar-refractivity contribution < 1.29 is 9.18 Å². The molecule has 0 saturated carbocycles. The van der Waals surface area contributed by atoms with Crippen molar-refractivity contribution in [1.29, 1.82) is 0 Å². The molecule has 0 bridgehead atoms. The third kappa shape index (κ3) is 3.39. The van der Waals surface area contributed by atoms with Crippen LogP contribution in [0.15, 0.2) is 28.9 Å². The Morgan fingerprint density at radius 2 is 2.26 bits per heavy atom. The Morgan fingerprint density at radius 1 is 1.53 bits per heavy atom. The van der Waals surface area contributed by atoms with Crippen molar-refractivity contribution in [3.8, 4) is 0 Å². The second kappa shape index (κ2) is 5.79. The third-order valence-corrected chi connectivity index (χ3v) is 4.12. The summed E-state index contributed by atoms with van der Waals surface area (Å²) in [4.78, 5) is 17.3. The van der Waals surface area contributed by atoms with Crippen molar-refractivity contribution in [2.75, 3.05) is 0 Å². The van der Waals surface area contributed by atoms with Gasteiger partial charge in [-0.25, -0.2) is 9.37 Å². The number of hydrogen-bond acceptors (Lipinski definition) is 3. The Morgan fingerprint density at radius 3 is 2.89 bits per heavy atom. The molecule has 0 aliphatic carbocycles. The zero-order valence-corrected chi connectivity index (χ0v) is 12.8. The lowest BCUT2D eigenvalue weighted by Crippen LogP contribution is -2.27. The van der Waals surface area contributed by atoms with Crippen molar-refractivity contribution in [3.63, 3.8) is 0 Å². The van der Waals surface area contributed by atoms with Gasteiger partial charge >= 0.3 is 0 Å². The number of amides is 1. The van der Waals surface area contributed by atoms with Crippen LogP contribution in [0.25, 0.3) is 0 Å². The van der Waals surface area contributed by atoms with E-state index in [9.17, 15) is 9.18 Å². The van der Waals surface area contributed by atoms with Crippen LogP contribution in [0.1, 0.15) is 33.2 Å². The Balaban J connectivity index is 2.15. The van der Waals surface area contributed by atoms with E-state index in [0.717, 1.165) is 9.88 Å². The van der Waals surface area contributed by atoms with Gasteiger partial charge in [0.05, 0.1) is 11.6 Å². The highest BCUT2D eigenvalue weighted by atomic mass is 79.9. The molecule has 6 heteroatoms. The average molecular weight is 343 g/mol. The molecule has 0 aliphatic heterocycles. The predicted molar refractivity (Wildman–Crippen MR) is 76.8 cm³/mol. The number of thiazole rings is 1. The summed E-state index contributed by atoms with van der Waals surface area (Å²) in [5.41, 5.74) is 0.0227. The molecule has 2 rings (SSSR count). The van der Waals surface area contributed by atoms with Crippen LogP contribution in [0.5, 0.6) is 0 Å². The highest BCUT2D eigenvalue weighted by Crippen LogP contribution is 2.20. The van der Waals surface area contributed by atoms with Gasteiger partial charge in [0.1, 0.15) is 10.8 Å². The van der Waals surface area contributed by atoms with Gasteiger partial charge in [0.25, 0.3) is 5.91 Å². The summed E-state index contributed by atoms with van der Waals surface area (Å²) >= 11 is 4.73. The molecule has 1 aromatic heterocycles. The van der Waals surface area contributed by atoms with Crippen molar-refractivity contribution in [1.82, 2.24) is 10.3 Å². The molecule has 0 radical (unpaired) electrons. The smallest absolute Gasteiger partial charge is 0.254 e. The zero-order valence-electron chi connectivity index (χ0n) is 10.4. The van der Waals surface area contributed by atoms with E-state index >= 15 is 0 Å². The molecule has 0 saturated heterocycles. The monoisotopic (exact) mass is 342 g/mol. The van der Waals surface area contributed by atoms with Gasteiger partial charge in [-0.1, -0.05) is 15.9 Å². The Labute approximate surface area is 123 Å². The summed E-state index contributed by atoms with van der Waals surface area (Å²) < 4.78 is 14.2. The minimum Gasteiger partial charge on any atom is -0.343 e. The first-order chi connectivity index (χ1) is 8.97. The van der Waals surface area contributed by atoms with Crippen molar-refractivity contribution >= 4 is 33.2 Å². The van der Waals surface area contributed by atoms with E-state index in [1.807, 2.05) is 13.8 Å². The molecule has 0 fully saturated rings. The maximum Gasteiger partial charge on any atom is 0.254 e. The first-order valence-electron chi connectivity index (χ1n) is 5.65. The molecule has 1 unspecified atom stereocenters. The largest absolute Gasteiger partial charge is 0.343 e. The lowest BCUT2D eigenvalue weighted by Gasteiger charge is -2.11. The quantitative estimate of drug-likeness (QED) is 0.920. The van der Waals surface area contributed by atoms with Crippen molar-refractivity contribution in [2.24, 2.45) is 0 Å². The highest BCUT2D eigenvalue weighted by Gasteiger charge is 2.17. The van der Waals surface area contributed by atoms with Crippen LogP contribution in [-0.4, -0.2) is 10.9 Å². The van der Waals surface area contributed by atoms with Gasteiger partial charge < -0.3 is 5.32 Å². The summed E-state index contributed by atoms with van der Waals surface area (Å²) in [5.74, 6) is -0.984. The number of rotatable bonds is 3. The number of carbonyl (C=O) groups excluding carboxylic acids is 1. The van der Waals surface area contributed by atoms with Crippen molar-refractivity contribution in [3.05, 3.63) is 50.1 Å². The van der Waals surface area contributed by atoms with Crippen molar-refractivity contribution in [2.45, 2.75) is 19.9 Å². The van der Waals surface area contributed by atoms with E-state index in [1.54, 1.807) is 12.3 Å². The molecule has 100 valence electrons. The Hall–Kier alpha value is -1.27. The summed E-state index contributed by atoms with van der Waals surface area (Å²) in [6.45, 7) is 3.77. The fourth-order valence-corrected chi connectivity index (χ4v) is 2.72. The number of benzene rings is 1. The number of aromatic nitrogens is 1. The van der Waals surface area contributed by atoms with Crippen LogP contribution >= 0.6 is 27.3 Å². The fourth-order valence-electron chi connectivity index (χ4n) is 1.58. The highest BCUT2D eigenvalue weighted by molar-refractivity contribution is 9.10. The Kier molecular flexibility index (Phi) is 4.31. The van der Waals surface area contributed by atoms with Gasteiger partial charge in [0.2, 0.25) is 0 Å². The number of nitrogens with one attached hydrogen (secondary N) is 1. The van der Waals surface area contributed by atoms with Gasteiger partial charge in [-0.3, -0.25) is 4.79 Å². The maximum absolute atomic E-state index is 13.6. The molecule has 3 nitrogen and oxygen atoms in total. The summed E-state index contributed by atoms with van der Waals surface area (Å²) in [5, 5.41) is 3.55. The molecule has 1 atom stereocenters. The second-order valence-electron chi connectivity index (χ2n) is 4.13. The number of carbonyl (C=O) groups is 1. The molecule has 2 aromatic rings. The minimum absolute atomic E-state index is 0.0227. The number of halogens is 2. The van der Waals surface area contributed by atoms with Crippen LogP contribution in [0.4, 0.5) is 4.39 Å². The lowest BCUT2D eigenvalue weighted by atomic mass is 10.2. The normalized spacial score (nSPS) is 12.2. The van der Waals surface area contributed by atoms with E-state index in [0.29, 0.717) is 4.47 Å². The molecule has 1 heterocycles. The standard InChI is InChI=1S/C13H12BrFN2OS/c1-7-6-16-13(19-7)8(2)17-12(18)10-5-9(14)3-4-11(10)15/h3-6,8H,1-2H3,(H,17,18). The zero-order chi connectivity index (χ0) is 14.0. The Bertz CT molecular complexity index is 614. The molecular weight excluding hydrogens is 331 g/mol. The predicted octanol–water partition coefficient (Wildman–Crippen LogP) is 3.84. The molecule has 0 aliphatic rings. The third-order valence-electron chi connectivity index (χ3n) is 2.53. The van der Waals surface area contributed by atoms with Crippen LogP contribution in [0.2, 0.25) is 0 Å².